The number of nitrogens with zero attached hydrogens (tertiary/aromatic N) is 2. The Hall–Kier alpha value is -1.44. The van der Waals surface area contributed by atoms with E-state index in [0.717, 1.165) is 25.8 Å². The zero-order chi connectivity index (χ0) is 17.7. The summed E-state index contributed by atoms with van der Waals surface area (Å²) in [5.74, 6) is -0.230. The average molecular weight is 353 g/mol. The Labute approximate surface area is 144 Å². The molecule has 134 valence electrons. The fraction of sp³-hybridized carbons (Fsp3) is 0.588. The van der Waals surface area contributed by atoms with Gasteiger partial charge >= 0.3 is 0 Å². The van der Waals surface area contributed by atoms with Gasteiger partial charge in [-0.25, -0.2) is 8.42 Å². The number of hydrogen-bond acceptors (Lipinski definition) is 4. The Morgan fingerprint density at radius 3 is 2.54 bits per heavy atom. The number of hydrogen-bond donors (Lipinski definition) is 1. The smallest absolute Gasteiger partial charge is 0.251 e. The average Bonchev–Trinajstić information content (AvgIpc) is 3.06. The zero-order valence-corrected chi connectivity index (χ0v) is 15.5. The third kappa shape index (κ3) is 4.55. The van der Waals surface area contributed by atoms with E-state index in [4.69, 9.17) is 0 Å². The summed E-state index contributed by atoms with van der Waals surface area (Å²) in [4.78, 5) is 14.6. The third-order valence-corrected chi connectivity index (χ3v) is 6.24. The molecular weight excluding hydrogens is 326 g/mol. The molecule has 0 aromatic heterocycles. The van der Waals surface area contributed by atoms with Crippen molar-refractivity contribution in [1.82, 2.24) is 14.5 Å². The maximum atomic E-state index is 12.8. The molecule has 0 radical (unpaired) electrons. The highest BCUT2D eigenvalue weighted by molar-refractivity contribution is 7.89. The van der Waals surface area contributed by atoms with E-state index in [9.17, 15) is 13.2 Å². The molecule has 0 unspecified atom stereocenters. The minimum atomic E-state index is -3.52. The summed E-state index contributed by atoms with van der Waals surface area (Å²) in [7, 11) is 0.452. The van der Waals surface area contributed by atoms with E-state index in [2.05, 4.69) is 10.2 Å². The minimum Gasteiger partial charge on any atom is -0.352 e. The quantitative estimate of drug-likeness (QED) is 0.754. The maximum Gasteiger partial charge on any atom is 0.251 e. The molecule has 2 rings (SSSR count). The lowest BCUT2D eigenvalue weighted by molar-refractivity contribution is 0.0952. The first-order valence-corrected chi connectivity index (χ1v) is 9.80. The van der Waals surface area contributed by atoms with Crippen molar-refractivity contribution in [2.24, 2.45) is 0 Å². The van der Waals surface area contributed by atoms with Crippen molar-refractivity contribution in [3.63, 3.8) is 0 Å². The predicted octanol–water partition coefficient (Wildman–Crippen LogP) is 1.46. The Kier molecular flexibility index (Phi) is 6.37. The largest absolute Gasteiger partial charge is 0.352 e. The molecule has 0 bridgehead atoms. The van der Waals surface area contributed by atoms with Gasteiger partial charge in [-0.05, 0) is 64.5 Å². The lowest BCUT2D eigenvalue weighted by Gasteiger charge is -2.18. The van der Waals surface area contributed by atoms with E-state index in [1.807, 2.05) is 14.1 Å². The van der Waals surface area contributed by atoms with Gasteiger partial charge < -0.3 is 10.2 Å². The molecule has 0 spiro atoms. The molecular formula is C17H27N3O3S. The van der Waals surface area contributed by atoms with Gasteiger partial charge in [0.2, 0.25) is 10.0 Å². The molecule has 1 saturated heterocycles. The molecule has 0 atom stereocenters. The van der Waals surface area contributed by atoms with Crippen LogP contribution in [0.2, 0.25) is 0 Å². The fourth-order valence-corrected chi connectivity index (χ4v) is 4.55. The van der Waals surface area contributed by atoms with E-state index in [1.54, 1.807) is 19.1 Å². The summed E-state index contributed by atoms with van der Waals surface area (Å²) in [5.41, 5.74) is 1.06. The maximum absolute atomic E-state index is 12.8. The first-order valence-electron chi connectivity index (χ1n) is 8.36. The van der Waals surface area contributed by atoms with Crippen LogP contribution in [0.5, 0.6) is 0 Å². The summed E-state index contributed by atoms with van der Waals surface area (Å²) in [6.45, 7) is 4.34. The highest BCUT2D eigenvalue weighted by atomic mass is 32.2. The number of carbonyl (C=O) groups is 1. The van der Waals surface area contributed by atoms with Crippen LogP contribution in [0, 0.1) is 6.92 Å². The first kappa shape index (κ1) is 18.9. The van der Waals surface area contributed by atoms with Crippen LogP contribution in [-0.2, 0) is 10.0 Å². The van der Waals surface area contributed by atoms with Crippen LogP contribution in [0.4, 0.5) is 0 Å². The van der Waals surface area contributed by atoms with Crippen molar-refractivity contribution >= 4 is 15.9 Å². The molecule has 6 nitrogen and oxygen atoms in total. The first-order chi connectivity index (χ1) is 11.3. The number of aryl methyl sites for hydroxylation is 1. The monoisotopic (exact) mass is 353 g/mol. The topological polar surface area (TPSA) is 69.7 Å². The van der Waals surface area contributed by atoms with Crippen molar-refractivity contribution in [2.75, 3.05) is 40.3 Å². The van der Waals surface area contributed by atoms with Crippen LogP contribution in [0.1, 0.15) is 35.2 Å². The lowest BCUT2D eigenvalue weighted by atomic mass is 10.1. The van der Waals surface area contributed by atoms with Crippen LogP contribution in [0.15, 0.2) is 23.1 Å². The molecule has 0 aliphatic carbocycles. The minimum absolute atomic E-state index is 0.230. The second-order valence-corrected chi connectivity index (χ2v) is 8.41. The number of carbonyl (C=O) groups excluding carboxylic acids is 1. The Morgan fingerprint density at radius 1 is 1.25 bits per heavy atom. The van der Waals surface area contributed by atoms with Gasteiger partial charge in [0, 0.05) is 25.2 Å². The highest BCUT2D eigenvalue weighted by Gasteiger charge is 2.29. The Balaban J connectivity index is 2.12. The standard InChI is InChI=1S/C17H27N3O3S/c1-14-7-8-15(17(21)18-9-6-10-19(2)3)13-16(14)24(22,23)20-11-4-5-12-20/h7-8,13H,4-6,9-12H2,1-3H3,(H,18,21). The van der Waals surface area contributed by atoms with E-state index in [-0.39, 0.29) is 10.8 Å². The fourth-order valence-electron chi connectivity index (χ4n) is 2.79. The number of amides is 1. The van der Waals surface area contributed by atoms with E-state index in [0.29, 0.717) is 30.8 Å². The van der Waals surface area contributed by atoms with E-state index >= 15 is 0 Å². The van der Waals surface area contributed by atoms with Gasteiger partial charge in [-0.2, -0.15) is 4.31 Å². The molecule has 1 aliphatic heterocycles. The molecule has 1 aromatic rings. The number of nitrogens with one attached hydrogen (secondary N) is 1. The van der Waals surface area contributed by atoms with E-state index in [1.165, 1.54) is 10.4 Å². The van der Waals surface area contributed by atoms with Crippen molar-refractivity contribution in [1.29, 1.82) is 0 Å². The summed E-state index contributed by atoms with van der Waals surface area (Å²) >= 11 is 0. The number of benzene rings is 1. The van der Waals surface area contributed by atoms with Crippen molar-refractivity contribution in [3.8, 4) is 0 Å². The van der Waals surface area contributed by atoms with Gasteiger partial charge in [0.1, 0.15) is 0 Å². The van der Waals surface area contributed by atoms with Crippen LogP contribution in [0.3, 0.4) is 0 Å². The summed E-state index contributed by atoms with van der Waals surface area (Å²) < 4.78 is 27.0. The predicted molar refractivity (Wildman–Crippen MR) is 94.7 cm³/mol. The summed E-state index contributed by atoms with van der Waals surface area (Å²) in [6.07, 6.45) is 2.64. The Morgan fingerprint density at radius 2 is 1.92 bits per heavy atom. The van der Waals surface area contributed by atoms with Gasteiger partial charge in [0.25, 0.3) is 5.91 Å². The second-order valence-electron chi connectivity index (χ2n) is 6.50. The van der Waals surface area contributed by atoms with Crippen molar-refractivity contribution < 1.29 is 13.2 Å². The number of rotatable bonds is 7. The SMILES string of the molecule is Cc1ccc(C(=O)NCCCN(C)C)cc1S(=O)(=O)N1CCCC1. The van der Waals surface area contributed by atoms with Crippen LogP contribution in [-0.4, -0.2) is 63.8 Å². The molecule has 0 saturated carbocycles. The molecule has 1 aromatic carbocycles. The molecule has 24 heavy (non-hydrogen) atoms. The lowest BCUT2D eigenvalue weighted by Crippen LogP contribution is -2.30. The van der Waals surface area contributed by atoms with E-state index < -0.39 is 10.0 Å². The summed E-state index contributed by atoms with van der Waals surface area (Å²) in [5, 5.41) is 2.85. The summed E-state index contributed by atoms with van der Waals surface area (Å²) in [6, 6.07) is 4.89. The molecule has 1 heterocycles. The third-order valence-electron chi connectivity index (χ3n) is 4.20. The van der Waals surface area contributed by atoms with Crippen molar-refractivity contribution in [3.05, 3.63) is 29.3 Å². The molecule has 1 N–H and O–H groups in total. The van der Waals surface area contributed by atoms with Gasteiger partial charge in [-0.1, -0.05) is 6.07 Å². The second kappa shape index (κ2) is 8.09. The molecule has 1 fully saturated rings. The van der Waals surface area contributed by atoms with Gasteiger partial charge in [-0.15, -0.1) is 0 Å². The molecule has 1 aliphatic rings. The van der Waals surface area contributed by atoms with Crippen LogP contribution >= 0.6 is 0 Å². The van der Waals surface area contributed by atoms with Gasteiger partial charge in [-0.3, -0.25) is 4.79 Å². The van der Waals surface area contributed by atoms with Gasteiger partial charge in [0.15, 0.2) is 0 Å². The zero-order valence-electron chi connectivity index (χ0n) is 14.7. The molecule has 1 amide bonds. The normalized spacial score (nSPS) is 15.8. The van der Waals surface area contributed by atoms with Gasteiger partial charge in [0.05, 0.1) is 4.90 Å². The van der Waals surface area contributed by atoms with Crippen LogP contribution in [0.25, 0.3) is 0 Å². The highest BCUT2D eigenvalue weighted by Crippen LogP contribution is 2.24. The van der Waals surface area contributed by atoms with Crippen molar-refractivity contribution in [2.45, 2.75) is 31.1 Å². The van der Waals surface area contributed by atoms with Crippen LogP contribution < -0.4 is 5.32 Å². The Bertz CT molecular complexity index is 680. The number of sulfonamides is 1. The molecule has 7 heteroatoms.